The number of aromatic nitrogens is 1. The zero-order chi connectivity index (χ0) is 28.3. The van der Waals surface area contributed by atoms with Crippen LogP contribution in [0.4, 0.5) is 28.4 Å². The number of ether oxygens (including phenoxy) is 1. The first-order chi connectivity index (χ1) is 18.4. The molecule has 1 aliphatic heterocycles. The molecule has 0 saturated carbocycles. The number of fused-ring (bicyclic) bond motifs is 1. The van der Waals surface area contributed by atoms with E-state index < -0.39 is 36.3 Å². The number of para-hydroxylation sites is 1. The topological polar surface area (TPSA) is 136 Å². The molecule has 1 aromatic heterocycles. The molecular weight excluding hydrogens is 519 g/mol. The monoisotopic (exact) mass is 545 g/mol. The minimum atomic E-state index is -4.88. The molecule has 2 heterocycles. The maximum absolute atomic E-state index is 13.6. The number of primary amides is 1. The summed E-state index contributed by atoms with van der Waals surface area (Å²) in [7, 11) is 0. The molecule has 0 spiro atoms. The van der Waals surface area contributed by atoms with E-state index in [0.29, 0.717) is 23.0 Å². The van der Waals surface area contributed by atoms with Crippen molar-refractivity contribution >= 4 is 40.3 Å². The Balaban J connectivity index is 1.58. The van der Waals surface area contributed by atoms with E-state index in [-0.39, 0.29) is 36.6 Å². The lowest BCUT2D eigenvalue weighted by atomic mass is 10.0. The average molecular weight is 546 g/mol. The van der Waals surface area contributed by atoms with Crippen molar-refractivity contribution in [2.75, 3.05) is 11.9 Å². The summed E-state index contributed by atoms with van der Waals surface area (Å²) in [5.74, 6) is -1.15. The molecule has 2 atom stereocenters. The van der Waals surface area contributed by atoms with Gasteiger partial charge in [0, 0.05) is 31.5 Å². The Morgan fingerprint density at radius 2 is 1.82 bits per heavy atom. The Morgan fingerprint density at radius 3 is 2.51 bits per heavy atom. The molecule has 0 aliphatic carbocycles. The predicted octanol–water partition coefficient (Wildman–Crippen LogP) is 3.78. The molecule has 0 unspecified atom stereocenters. The zero-order valence-corrected chi connectivity index (χ0v) is 20.8. The first kappa shape index (κ1) is 27.5. The molecule has 4 amide bonds. The van der Waals surface area contributed by atoms with Gasteiger partial charge in [-0.1, -0.05) is 30.3 Å². The molecule has 206 valence electrons. The van der Waals surface area contributed by atoms with Crippen molar-refractivity contribution < 1.29 is 37.1 Å². The summed E-state index contributed by atoms with van der Waals surface area (Å²) in [5, 5.41) is 5.96. The SMILES string of the molecule is CC(=O)NC[C@H]1CC[C@@H](C(=O)Cc2cccc(OC(F)(F)F)c2)N1C(=O)Nc1cn(C(N)=O)c2ccccc12. The molecule has 10 nitrogen and oxygen atoms in total. The summed E-state index contributed by atoms with van der Waals surface area (Å²) < 4.78 is 43.0. The second kappa shape index (κ2) is 11.1. The van der Waals surface area contributed by atoms with E-state index in [1.807, 2.05) is 0 Å². The number of nitrogens with one attached hydrogen (secondary N) is 2. The van der Waals surface area contributed by atoms with Gasteiger partial charge < -0.3 is 26.0 Å². The highest BCUT2D eigenvalue weighted by Gasteiger charge is 2.41. The minimum absolute atomic E-state index is 0.102. The standard InChI is InChI=1S/C26H26F3N5O5/c1-15(35)31-13-17-9-10-22(23(36)12-16-5-4-6-18(11-16)39-26(27,28)29)34(17)25(38)32-20-14-33(24(30)37)21-8-3-2-7-19(20)21/h2-8,11,14,17,22H,9-10,12-13H2,1H3,(H2,30,37)(H,31,35)(H,32,38)/t17-,22+/m1/s1. The quantitative estimate of drug-likeness (QED) is 0.415. The van der Waals surface area contributed by atoms with E-state index in [9.17, 15) is 32.3 Å². The molecule has 39 heavy (non-hydrogen) atoms. The molecule has 1 fully saturated rings. The maximum atomic E-state index is 13.6. The Morgan fingerprint density at radius 1 is 1.08 bits per heavy atom. The molecule has 1 saturated heterocycles. The van der Waals surface area contributed by atoms with Crippen LogP contribution >= 0.6 is 0 Å². The lowest BCUT2D eigenvalue weighted by molar-refractivity contribution is -0.274. The van der Waals surface area contributed by atoms with Crippen LogP contribution in [-0.4, -0.2) is 58.2 Å². The van der Waals surface area contributed by atoms with E-state index in [4.69, 9.17) is 5.73 Å². The summed E-state index contributed by atoms with van der Waals surface area (Å²) in [6.07, 6.45) is -3.04. The van der Waals surface area contributed by atoms with Gasteiger partial charge in [0.25, 0.3) is 0 Å². The minimum Gasteiger partial charge on any atom is -0.406 e. The van der Waals surface area contributed by atoms with E-state index >= 15 is 0 Å². The number of benzene rings is 2. The largest absolute Gasteiger partial charge is 0.573 e. The first-order valence-electron chi connectivity index (χ1n) is 12.0. The number of amides is 4. The number of Topliss-reactive ketones (excluding diaryl/α,β-unsaturated/α-hetero) is 1. The smallest absolute Gasteiger partial charge is 0.406 e. The fraction of sp³-hybridized carbons (Fsp3) is 0.308. The number of rotatable bonds is 7. The van der Waals surface area contributed by atoms with Crippen molar-refractivity contribution in [3.63, 3.8) is 0 Å². The number of hydrogen-bond acceptors (Lipinski definition) is 5. The van der Waals surface area contributed by atoms with Crippen LogP contribution in [0.15, 0.2) is 54.7 Å². The van der Waals surface area contributed by atoms with Crippen LogP contribution in [0.2, 0.25) is 0 Å². The number of urea groups is 1. The van der Waals surface area contributed by atoms with Gasteiger partial charge in [-0.3, -0.25) is 14.2 Å². The normalized spacial score (nSPS) is 17.2. The number of ketones is 1. The molecule has 2 aromatic carbocycles. The number of carbonyl (C=O) groups is 4. The fourth-order valence-corrected chi connectivity index (χ4v) is 4.78. The van der Waals surface area contributed by atoms with Crippen molar-refractivity contribution in [2.45, 2.75) is 44.6 Å². The Kier molecular flexibility index (Phi) is 7.79. The maximum Gasteiger partial charge on any atom is 0.573 e. The van der Waals surface area contributed by atoms with E-state index in [1.54, 1.807) is 24.3 Å². The average Bonchev–Trinajstić information content (AvgIpc) is 3.44. The summed E-state index contributed by atoms with van der Waals surface area (Å²) in [4.78, 5) is 51.6. The highest BCUT2D eigenvalue weighted by Crippen LogP contribution is 2.30. The van der Waals surface area contributed by atoms with Gasteiger partial charge in [0.15, 0.2) is 5.78 Å². The second-order valence-corrected chi connectivity index (χ2v) is 9.13. The van der Waals surface area contributed by atoms with E-state index in [0.717, 1.165) is 12.1 Å². The van der Waals surface area contributed by atoms with E-state index in [1.165, 1.54) is 34.7 Å². The van der Waals surface area contributed by atoms with Gasteiger partial charge in [0.05, 0.1) is 23.3 Å². The van der Waals surface area contributed by atoms with Gasteiger partial charge in [-0.15, -0.1) is 13.2 Å². The van der Waals surface area contributed by atoms with Crippen molar-refractivity contribution in [2.24, 2.45) is 5.73 Å². The number of alkyl halides is 3. The summed E-state index contributed by atoms with van der Waals surface area (Å²) in [5.41, 5.74) is 6.52. The molecule has 1 aliphatic rings. The molecular formula is C26H26F3N5O5. The molecule has 0 radical (unpaired) electrons. The molecule has 4 N–H and O–H groups in total. The van der Waals surface area contributed by atoms with Crippen molar-refractivity contribution in [1.82, 2.24) is 14.8 Å². The van der Waals surface area contributed by atoms with Crippen molar-refractivity contribution in [1.29, 1.82) is 0 Å². The third-order valence-corrected chi connectivity index (χ3v) is 6.40. The third-order valence-electron chi connectivity index (χ3n) is 6.40. The van der Waals surface area contributed by atoms with Gasteiger partial charge in [-0.25, -0.2) is 9.59 Å². The van der Waals surface area contributed by atoms with Crippen LogP contribution in [0.5, 0.6) is 5.75 Å². The number of anilines is 1. The number of halogens is 3. The summed E-state index contributed by atoms with van der Waals surface area (Å²) in [6.45, 7) is 1.43. The number of hydrogen-bond donors (Lipinski definition) is 3. The third kappa shape index (κ3) is 6.48. The van der Waals surface area contributed by atoms with Gasteiger partial charge in [0.1, 0.15) is 5.75 Å². The van der Waals surface area contributed by atoms with Crippen LogP contribution in [0.25, 0.3) is 10.9 Å². The zero-order valence-electron chi connectivity index (χ0n) is 20.8. The van der Waals surface area contributed by atoms with Crippen molar-refractivity contribution in [3.05, 3.63) is 60.3 Å². The fourth-order valence-electron chi connectivity index (χ4n) is 4.78. The van der Waals surface area contributed by atoms with Crippen LogP contribution in [0, 0.1) is 0 Å². The van der Waals surface area contributed by atoms with Gasteiger partial charge in [0.2, 0.25) is 5.91 Å². The van der Waals surface area contributed by atoms with E-state index in [2.05, 4.69) is 15.4 Å². The Labute approximate surface area is 220 Å². The highest BCUT2D eigenvalue weighted by atomic mass is 19.4. The van der Waals surface area contributed by atoms with Gasteiger partial charge >= 0.3 is 18.4 Å². The van der Waals surface area contributed by atoms with Crippen molar-refractivity contribution in [3.8, 4) is 5.75 Å². The van der Waals surface area contributed by atoms with Crippen LogP contribution in [0.1, 0.15) is 25.3 Å². The predicted molar refractivity (Wildman–Crippen MR) is 135 cm³/mol. The number of nitrogens with two attached hydrogens (primary N) is 1. The number of nitrogens with zero attached hydrogens (tertiary/aromatic N) is 2. The van der Waals surface area contributed by atoms with Crippen LogP contribution in [-0.2, 0) is 16.0 Å². The van der Waals surface area contributed by atoms with Crippen LogP contribution in [0.3, 0.4) is 0 Å². The highest BCUT2D eigenvalue weighted by molar-refractivity contribution is 6.05. The molecule has 13 heteroatoms. The summed E-state index contributed by atoms with van der Waals surface area (Å²) in [6, 6.07) is 9.07. The number of likely N-dealkylation sites (tertiary alicyclic amines) is 1. The van der Waals surface area contributed by atoms with Gasteiger partial charge in [-0.05, 0) is 36.6 Å². The Bertz CT molecular complexity index is 1420. The Hall–Kier alpha value is -4.55. The second-order valence-electron chi connectivity index (χ2n) is 9.13. The van der Waals surface area contributed by atoms with Crippen LogP contribution < -0.4 is 21.1 Å². The molecule has 3 aromatic rings. The first-order valence-corrected chi connectivity index (χ1v) is 12.0. The van der Waals surface area contributed by atoms with Gasteiger partial charge in [-0.2, -0.15) is 0 Å². The number of carbonyl (C=O) groups excluding carboxylic acids is 4. The lowest BCUT2D eigenvalue weighted by Crippen LogP contribution is -2.50. The lowest BCUT2D eigenvalue weighted by Gasteiger charge is -2.30. The summed E-state index contributed by atoms with van der Waals surface area (Å²) >= 11 is 0. The molecule has 4 rings (SSSR count). The molecule has 0 bridgehead atoms.